The molecule has 19 heavy (non-hydrogen) atoms. The van der Waals surface area contributed by atoms with Crippen molar-refractivity contribution in [2.45, 2.75) is 51.6 Å². The Kier molecular flexibility index (Phi) is 4.58. The van der Waals surface area contributed by atoms with Gasteiger partial charge in [0.15, 0.2) is 0 Å². The van der Waals surface area contributed by atoms with E-state index >= 15 is 0 Å². The standard InChI is InChI=1S/C16H24FNO/c1-12-6-7-13(17)10-14(12)15(19)16(11-18)8-4-2-3-5-9-16/h6-7,10,15,19H,2-5,8-9,11,18H2,1H3. The Labute approximate surface area is 114 Å². The fraction of sp³-hybridized carbons (Fsp3) is 0.625. The summed E-state index contributed by atoms with van der Waals surface area (Å²) in [7, 11) is 0. The minimum absolute atomic E-state index is 0.283. The Morgan fingerprint density at radius 1 is 1.26 bits per heavy atom. The van der Waals surface area contributed by atoms with Gasteiger partial charge < -0.3 is 10.8 Å². The second-order valence-electron chi connectivity index (χ2n) is 5.88. The van der Waals surface area contributed by atoms with E-state index in [9.17, 15) is 9.50 Å². The Hall–Kier alpha value is -0.930. The summed E-state index contributed by atoms with van der Waals surface area (Å²) < 4.78 is 13.4. The number of nitrogens with two attached hydrogens (primary N) is 1. The average molecular weight is 265 g/mol. The van der Waals surface area contributed by atoms with E-state index in [1.807, 2.05) is 6.92 Å². The lowest BCUT2D eigenvalue weighted by Crippen LogP contribution is -2.36. The Morgan fingerprint density at radius 3 is 2.47 bits per heavy atom. The van der Waals surface area contributed by atoms with Crippen molar-refractivity contribution in [3.63, 3.8) is 0 Å². The van der Waals surface area contributed by atoms with Gasteiger partial charge in [-0.3, -0.25) is 0 Å². The number of hydrogen-bond acceptors (Lipinski definition) is 2. The molecule has 0 radical (unpaired) electrons. The largest absolute Gasteiger partial charge is 0.388 e. The Morgan fingerprint density at radius 2 is 1.89 bits per heavy atom. The van der Waals surface area contributed by atoms with Crippen LogP contribution in [-0.2, 0) is 0 Å². The van der Waals surface area contributed by atoms with Gasteiger partial charge in [-0.1, -0.05) is 31.7 Å². The van der Waals surface area contributed by atoms with E-state index in [4.69, 9.17) is 5.73 Å². The van der Waals surface area contributed by atoms with Crippen molar-refractivity contribution >= 4 is 0 Å². The molecule has 1 saturated carbocycles. The Balaban J connectivity index is 2.33. The van der Waals surface area contributed by atoms with Crippen LogP contribution < -0.4 is 5.73 Å². The molecule has 1 aromatic rings. The highest BCUT2D eigenvalue weighted by Crippen LogP contribution is 2.45. The molecule has 1 aliphatic carbocycles. The molecule has 0 bridgehead atoms. The summed E-state index contributed by atoms with van der Waals surface area (Å²) in [5, 5.41) is 10.8. The number of aliphatic hydroxyl groups is 1. The molecule has 1 unspecified atom stereocenters. The lowest BCUT2D eigenvalue weighted by molar-refractivity contribution is 0.0160. The van der Waals surface area contributed by atoms with Crippen LogP contribution in [0, 0.1) is 18.2 Å². The van der Waals surface area contributed by atoms with Crippen molar-refractivity contribution < 1.29 is 9.50 Å². The van der Waals surface area contributed by atoms with Crippen LogP contribution in [0.3, 0.4) is 0 Å². The van der Waals surface area contributed by atoms with Gasteiger partial charge >= 0.3 is 0 Å². The third-order valence-electron chi connectivity index (χ3n) is 4.62. The van der Waals surface area contributed by atoms with Crippen molar-refractivity contribution in [3.05, 3.63) is 35.1 Å². The van der Waals surface area contributed by atoms with Crippen molar-refractivity contribution in [1.29, 1.82) is 0 Å². The number of hydrogen-bond donors (Lipinski definition) is 2. The zero-order valence-corrected chi connectivity index (χ0v) is 11.7. The zero-order chi connectivity index (χ0) is 13.9. The molecule has 2 rings (SSSR count). The van der Waals surface area contributed by atoms with E-state index in [0.717, 1.165) is 31.2 Å². The molecule has 0 heterocycles. The Bertz CT molecular complexity index is 425. The average Bonchev–Trinajstić information content (AvgIpc) is 2.67. The number of aryl methyl sites for hydroxylation is 1. The molecule has 106 valence electrons. The highest BCUT2D eigenvalue weighted by Gasteiger charge is 2.38. The second kappa shape index (κ2) is 6.02. The molecule has 0 spiro atoms. The molecule has 0 aromatic heterocycles. The normalized spacial score (nSPS) is 20.8. The summed E-state index contributed by atoms with van der Waals surface area (Å²) in [4.78, 5) is 0. The molecule has 0 saturated heterocycles. The number of benzene rings is 1. The van der Waals surface area contributed by atoms with Crippen LogP contribution in [0.1, 0.15) is 55.8 Å². The molecule has 0 aliphatic heterocycles. The summed E-state index contributed by atoms with van der Waals surface area (Å²) >= 11 is 0. The van der Waals surface area contributed by atoms with Gasteiger partial charge in [0.05, 0.1) is 6.10 Å². The van der Waals surface area contributed by atoms with Crippen LogP contribution in [0.2, 0.25) is 0 Å². The van der Waals surface area contributed by atoms with Gasteiger partial charge in [0, 0.05) is 12.0 Å². The summed E-state index contributed by atoms with van der Waals surface area (Å²) in [5.74, 6) is -0.291. The third-order valence-corrected chi connectivity index (χ3v) is 4.62. The van der Waals surface area contributed by atoms with Gasteiger partial charge in [-0.2, -0.15) is 0 Å². The molecule has 0 amide bonds. The molecule has 2 nitrogen and oxygen atoms in total. The quantitative estimate of drug-likeness (QED) is 0.822. The third kappa shape index (κ3) is 2.98. The van der Waals surface area contributed by atoms with E-state index in [1.165, 1.54) is 25.0 Å². The summed E-state index contributed by atoms with van der Waals surface area (Å²) in [6.07, 6.45) is 5.81. The fourth-order valence-electron chi connectivity index (χ4n) is 3.26. The molecular weight excluding hydrogens is 241 g/mol. The minimum atomic E-state index is -0.661. The SMILES string of the molecule is Cc1ccc(F)cc1C(O)C1(CN)CCCCCC1. The minimum Gasteiger partial charge on any atom is -0.388 e. The van der Waals surface area contributed by atoms with E-state index in [2.05, 4.69) is 0 Å². The lowest BCUT2D eigenvalue weighted by atomic mass is 9.72. The maximum Gasteiger partial charge on any atom is 0.123 e. The van der Waals surface area contributed by atoms with Crippen LogP contribution >= 0.6 is 0 Å². The number of aliphatic hydroxyl groups excluding tert-OH is 1. The predicted octanol–water partition coefficient (Wildman–Crippen LogP) is 3.47. The molecular formula is C16H24FNO. The topological polar surface area (TPSA) is 46.2 Å². The van der Waals surface area contributed by atoms with Gasteiger partial charge in [-0.25, -0.2) is 4.39 Å². The molecule has 1 atom stereocenters. The van der Waals surface area contributed by atoms with E-state index in [0.29, 0.717) is 12.1 Å². The van der Waals surface area contributed by atoms with E-state index in [-0.39, 0.29) is 11.2 Å². The highest BCUT2D eigenvalue weighted by molar-refractivity contribution is 5.30. The second-order valence-corrected chi connectivity index (χ2v) is 5.88. The van der Waals surface area contributed by atoms with E-state index < -0.39 is 6.10 Å². The lowest BCUT2D eigenvalue weighted by Gasteiger charge is -2.37. The highest BCUT2D eigenvalue weighted by atomic mass is 19.1. The summed E-state index contributed by atoms with van der Waals surface area (Å²) in [6, 6.07) is 4.63. The molecule has 1 aliphatic rings. The zero-order valence-electron chi connectivity index (χ0n) is 11.7. The van der Waals surface area contributed by atoms with Crippen molar-refractivity contribution in [1.82, 2.24) is 0 Å². The van der Waals surface area contributed by atoms with Crippen molar-refractivity contribution in [2.75, 3.05) is 6.54 Å². The summed E-state index contributed by atoms with van der Waals surface area (Å²) in [5.41, 5.74) is 7.33. The van der Waals surface area contributed by atoms with Crippen molar-refractivity contribution in [3.8, 4) is 0 Å². The van der Waals surface area contributed by atoms with Gasteiger partial charge in [0.2, 0.25) is 0 Å². The van der Waals surface area contributed by atoms with E-state index in [1.54, 1.807) is 6.07 Å². The molecule has 3 N–H and O–H groups in total. The molecule has 1 aromatic carbocycles. The first-order valence-electron chi connectivity index (χ1n) is 7.23. The maximum atomic E-state index is 13.4. The monoisotopic (exact) mass is 265 g/mol. The van der Waals surface area contributed by atoms with Gasteiger partial charge in [-0.15, -0.1) is 0 Å². The van der Waals surface area contributed by atoms with Crippen LogP contribution in [0.5, 0.6) is 0 Å². The van der Waals surface area contributed by atoms with Crippen LogP contribution in [-0.4, -0.2) is 11.7 Å². The maximum absolute atomic E-state index is 13.4. The smallest absolute Gasteiger partial charge is 0.123 e. The number of rotatable bonds is 3. The first kappa shape index (κ1) is 14.5. The van der Waals surface area contributed by atoms with Crippen LogP contribution in [0.15, 0.2) is 18.2 Å². The number of halogens is 1. The van der Waals surface area contributed by atoms with Crippen LogP contribution in [0.25, 0.3) is 0 Å². The fourth-order valence-corrected chi connectivity index (χ4v) is 3.26. The first-order chi connectivity index (χ1) is 9.09. The predicted molar refractivity (Wildman–Crippen MR) is 75.3 cm³/mol. The van der Waals surface area contributed by atoms with Crippen molar-refractivity contribution in [2.24, 2.45) is 11.1 Å². The summed E-state index contributed by atoms with van der Waals surface area (Å²) in [6.45, 7) is 2.38. The first-order valence-corrected chi connectivity index (χ1v) is 7.23. The molecule has 3 heteroatoms. The van der Waals surface area contributed by atoms with Crippen LogP contribution in [0.4, 0.5) is 4.39 Å². The van der Waals surface area contributed by atoms with Gasteiger partial charge in [-0.05, 0) is 43.0 Å². The van der Waals surface area contributed by atoms with Gasteiger partial charge in [0.25, 0.3) is 0 Å². The molecule has 1 fully saturated rings. The van der Waals surface area contributed by atoms with Gasteiger partial charge in [0.1, 0.15) is 5.82 Å².